The molecule has 6 heteroatoms. The third-order valence-corrected chi connectivity index (χ3v) is 4.40. The van der Waals surface area contributed by atoms with Gasteiger partial charge < -0.3 is 24.1 Å². The van der Waals surface area contributed by atoms with E-state index in [1.165, 1.54) is 0 Å². The van der Waals surface area contributed by atoms with Crippen LogP contribution in [0.15, 0.2) is 30.9 Å². The number of aliphatic hydroxyl groups is 1. The lowest BCUT2D eigenvalue weighted by Crippen LogP contribution is -2.38. The maximum absolute atomic E-state index is 12.8. The number of hydrogen-bond donors (Lipinski definition) is 1. The Morgan fingerprint density at radius 3 is 2.84 bits per heavy atom. The normalized spacial score (nSPS) is 30.2. The predicted molar refractivity (Wildman–Crippen MR) is 90.1 cm³/mol. The molecule has 1 aromatic rings. The molecule has 0 amide bonds. The zero-order valence-corrected chi connectivity index (χ0v) is 14.7. The summed E-state index contributed by atoms with van der Waals surface area (Å²) < 4.78 is 22.3. The summed E-state index contributed by atoms with van der Waals surface area (Å²) in [5.41, 5.74) is 2.40. The van der Waals surface area contributed by atoms with Crippen molar-refractivity contribution >= 4 is 5.78 Å². The van der Waals surface area contributed by atoms with E-state index >= 15 is 0 Å². The van der Waals surface area contributed by atoms with E-state index < -0.39 is 30.4 Å². The number of aryl methyl sites for hydroxylation is 1. The highest BCUT2D eigenvalue weighted by Crippen LogP contribution is 2.38. The fourth-order valence-electron chi connectivity index (χ4n) is 3.10. The molecular weight excluding hydrogens is 324 g/mol. The van der Waals surface area contributed by atoms with Crippen molar-refractivity contribution in [3.05, 3.63) is 47.5 Å². The first kappa shape index (κ1) is 18.2. The molecule has 0 unspecified atom stereocenters. The van der Waals surface area contributed by atoms with Gasteiger partial charge >= 0.3 is 0 Å². The first-order valence-electron chi connectivity index (χ1n) is 8.34. The molecule has 2 saturated heterocycles. The molecule has 25 heavy (non-hydrogen) atoms. The lowest BCUT2D eigenvalue weighted by Gasteiger charge is -2.22. The number of aliphatic hydroxyl groups excluding tert-OH is 1. The molecule has 0 aromatic heterocycles. The van der Waals surface area contributed by atoms with Crippen molar-refractivity contribution in [2.24, 2.45) is 0 Å². The van der Waals surface area contributed by atoms with Gasteiger partial charge in [-0.05, 0) is 38.0 Å². The molecule has 2 aliphatic heterocycles. The van der Waals surface area contributed by atoms with E-state index in [9.17, 15) is 9.90 Å². The molecule has 2 heterocycles. The summed E-state index contributed by atoms with van der Waals surface area (Å²) >= 11 is 0. The first-order valence-corrected chi connectivity index (χ1v) is 8.34. The largest absolute Gasteiger partial charge is 0.387 e. The summed E-state index contributed by atoms with van der Waals surface area (Å²) in [4.78, 5) is 12.8. The fourth-order valence-corrected chi connectivity index (χ4v) is 3.10. The molecule has 0 aliphatic carbocycles. The Morgan fingerprint density at radius 2 is 2.16 bits per heavy atom. The predicted octanol–water partition coefficient (Wildman–Crippen LogP) is 2.12. The van der Waals surface area contributed by atoms with E-state index in [0.29, 0.717) is 18.8 Å². The van der Waals surface area contributed by atoms with Crippen molar-refractivity contribution < 1.29 is 28.8 Å². The van der Waals surface area contributed by atoms with Gasteiger partial charge in [0.2, 0.25) is 0 Å². The molecular formula is C19H24O6. The monoisotopic (exact) mass is 348 g/mol. The number of fused-ring (bicyclic) bond motifs is 1. The molecule has 0 radical (unpaired) electrons. The van der Waals surface area contributed by atoms with Crippen LogP contribution in [-0.2, 0) is 25.6 Å². The topological polar surface area (TPSA) is 74.2 Å². The van der Waals surface area contributed by atoms with Gasteiger partial charge in [0.15, 0.2) is 24.0 Å². The Bertz CT molecular complexity index is 668. The number of hydrogen-bond acceptors (Lipinski definition) is 6. The number of ketones is 1. The molecule has 0 bridgehead atoms. The van der Waals surface area contributed by atoms with E-state index in [4.69, 9.17) is 18.9 Å². The summed E-state index contributed by atoms with van der Waals surface area (Å²) in [6.45, 7) is 9.88. The van der Waals surface area contributed by atoms with Gasteiger partial charge in [-0.15, -0.1) is 6.58 Å². The van der Waals surface area contributed by atoms with E-state index in [2.05, 4.69) is 6.58 Å². The van der Waals surface area contributed by atoms with Gasteiger partial charge in [0, 0.05) is 5.56 Å². The molecule has 0 spiro atoms. The Hall–Kier alpha value is -1.57. The van der Waals surface area contributed by atoms with E-state index in [-0.39, 0.29) is 5.78 Å². The van der Waals surface area contributed by atoms with Crippen molar-refractivity contribution in [1.29, 1.82) is 0 Å². The van der Waals surface area contributed by atoms with Crippen LogP contribution in [0.3, 0.4) is 0 Å². The molecule has 2 fully saturated rings. The number of carbonyl (C=O) groups excluding carboxylic acids is 1. The third kappa shape index (κ3) is 3.68. The summed E-state index contributed by atoms with van der Waals surface area (Å²) in [7, 11) is 0. The Labute approximate surface area is 147 Å². The summed E-state index contributed by atoms with van der Waals surface area (Å²) in [6, 6.07) is 5.36. The SMILES string of the molecule is C=CCOCc1cc(C(=O)[C@@H]2O[C@H]3OC(C)(C)O[C@H]3[C@@H]2O)ccc1C. The van der Waals surface area contributed by atoms with Gasteiger partial charge in [0.25, 0.3) is 0 Å². The average molecular weight is 348 g/mol. The lowest BCUT2D eigenvalue weighted by atomic mass is 9.97. The highest BCUT2D eigenvalue weighted by atomic mass is 16.8. The van der Waals surface area contributed by atoms with Crippen molar-refractivity contribution in [2.75, 3.05) is 6.61 Å². The highest BCUT2D eigenvalue weighted by molar-refractivity contribution is 6.00. The number of ether oxygens (including phenoxy) is 4. The third-order valence-electron chi connectivity index (χ3n) is 4.40. The molecule has 0 saturated carbocycles. The van der Waals surface area contributed by atoms with Gasteiger partial charge in [0.1, 0.15) is 12.2 Å². The van der Waals surface area contributed by atoms with Gasteiger partial charge in [0.05, 0.1) is 13.2 Å². The van der Waals surface area contributed by atoms with Crippen molar-refractivity contribution in [3.8, 4) is 0 Å². The zero-order chi connectivity index (χ0) is 18.2. The van der Waals surface area contributed by atoms with Crippen LogP contribution in [0.1, 0.15) is 35.3 Å². The number of benzene rings is 1. The lowest BCUT2D eigenvalue weighted by molar-refractivity contribution is -0.208. The highest BCUT2D eigenvalue weighted by Gasteiger charge is 2.56. The summed E-state index contributed by atoms with van der Waals surface area (Å²) in [6.07, 6.45) is -1.80. The van der Waals surface area contributed by atoms with Crippen LogP contribution in [0, 0.1) is 6.92 Å². The summed E-state index contributed by atoms with van der Waals surface area (Å²) in [5.74, 6) is -1.12. The number of rotatable bonds is 6. The van der Waals surface area contributed by atoms with Crippen LogP contribution < -0.4 is 0 Å². The standard InChI is InChI=1S/C19H24O6/c1-5-8-22-10-13-9-12(7-6-11(13)2)14(20)16-15(21)17-18(23-16)25-19(3,4)24-17/h5-7,9,15-18,21H,1,8,10H2,2-4H3/t15-,16+,17+,18+/m1/s1. The quantitative estimate of drug-likeness (QED) is 0.482. The summed E-state index contributed by atoms with van der Waals surface area (Å²) in [5, 5.41) is 10.4. The Balaban J connectivity index is 1.73. The van der Waals surface area contributed by atoms with Crippen LogP contribution in [-0.4, -0.2) is 47.9 Å². The fraction of sp³-hybridized carbons (Fsp3) is 0.526. The van der Waals surface area contributed by atoms with Crippen LogP contribution in [0.2, 0.25) is 0 Å². The van der Waals surface area contributed by atoms with Gasteiger partial charge in [-0.3, -0.25) is 4.79 Å². The van der Waals surface area contributed by atoms with E-state index in [0.717, 1.165) is 11.1 Å². The molecule has 2 aliphatic rings. The Morgan fingerprint density at radius 1 is 1.40 bits per heavy atom. The second-order valence-electron chi connectivity index (χ2n) is 6.83. The molecule has 3 rings (SSSR count). The van der Waals surface area contributed by atoms with Crippen LogP contribution in [0.25, 0.3) is 0 Å². The second kappa shape index (κ2) is 6.97. The second-order valence-corrected chi connectivity index (χ2v) is 6.83. The van der Waals surface area contributed by atoms with Crippen molar-refractivity contribution in [2.45, 2.75) is 57.8 Å². The number of carbonyl (C=O) groups is 1. The molecule has 4 atom stereocenters. The zero-order valence-electron chi connectivity index (χ0n) is 14.7. The Kier molecular flexibility index (Phi) is 5.09. The van der Waals surface area contributed by atoms with Crippen LogP contribution in [0.5, 0.6) is 0 Å². The van der Waals surface area contributed by atoms with Gasteiger partial charge in [-0.1, -0.05) is 18.2 Å². The van der Waals surface area contributed by atoms with Gasteiger partial charge in [-0.25, -0.2) is 0 Å². The minimum absolute atomic E-state index is 0.295. The minimum Gasteiger partial charge on any atom is -0.387 e. The van der Waals surface area contributed by atoms with E-state index in [1.54, 1.807) is 32.1 Å². The van der Waals surface area contributed by atoms with Crippen LogP contribution in [0.4, 0.5) is 0 Å². The molecule has 1 N–H and O–H groups in total. The van der Waals surface area contributed by atoms with Gasteiger partial charge in [-0.2, -0.15) is 0 Å². The van der Waals surface area contributed by atoms with Crippen molar-refractivity contribution in [1.82, 2.24) is 0 Å². The first-order chi connectivity index (χ1) is 11.8. The molecule has 136 valence electrons. The molecule has 6 nitrogen and oxygen atoms in total. The smallest absolute Gasteiger partial charge is 0.194 e. The average Bonchev–Trinajstić information content (AvgIpc) is 3.02. The van der Waals surface area contributed by atoms with E-state index in [1.807, 2.05) is 13.0 Å². The maximum Gasteiger partial charge on any atom is 0.194 e. The molecule has 1 aromatic carbocycles. The minimum atomic E-state index is -1.07. The number of Topliss-reactive ketones (excluding diaryl/α,β-unsaturated/α-hetero) is 1. The maximum atomic E-state index is 12.8. The van der Waals surface area contributed by atoms with Crippen LogP contribution >= 0.6 is 0 Å². The van der Waals surface area contributed by atoms with Crippen molar-refractivity contribution in [3.63, 3.8) is 0 Å².